The number of aryl methyl sites for hydroxylation is 1. The Morgan fingerprint density at radius 1 is 1.33 bits per heavy atom. The molecule has 4 nitrogen and oxygen atoms in total. The van der Waals surface area contributed by atoms with E-state index in [9.17, 15) is 14.7 Å². The summed E-state index contributed by atoms with van der Waals surface area (Å²) in [6.07, 6.45) is 2.10. The lowest BCUT2D eigenvalue weighted by molar-refractivity contribution is -0.145. The second kappa shape index (κ2) is 6.48. The van der Waals surface area contributed by atoms with Gasteiger partial charge in [0.25, 0.3) is 0 Å². The topological polar surface area (TPSA) is 66.4 Å². The average molecular weight is 310 g/mol. The van der Waals surface area contributed by atoms with Crippen molar-refractivity contribution in [3.63, 3.8) is 0 Å². The first-order valence-electron chi connectivity index (χ1n) is 7.22. The second-order valence-electron chi connectivity index (χ2n) is 5.72. The molecule has 0 radical (unpaired) electrons. The maximum atomic E-state index is 12.5. The van der Waals surface area contributed by atoms with E-state index < -0.39 is 17.8 Å². The fraction of sp³-hybridized carbons (Fsp3) is 0.500. The highest BCUT2D eigenvalue weighted by atomic mass is 35.5. The highest BCUT2D eigenvalue weighted by Gasteiger charge is 2.42. The first-order chi connectivity index (χ1) is 9.93. The van der Waals surface area contributed by atoms with Crippen LogP contribution in [0, 0.1) is 24.7 Å². The maximum absolute atomic E-state index is 12.5. The van der Waals surface area contributed by atoms with Gasteiger partial charge < -0.3 is 10.4 Å². The van der Waals surface area contributed by atoms with Crippen LogP contribution in [0.4, 0.5) is 5.69 Å². The quantitative estimate of drug-likeness (QED) is 0.890. The first kappa shape index (κ1) is 15.8. The summed E-state index contributed by atoms with van der Waals surface area (Å²) in [6.45, 7) is 3.89. The molecule has 1 amide bonds. The maximum Gasteiger partial charge on any atom is 0.307 e. The summed E-state index contributed by atoms with van der Waals surface area (Å²) in [5, 5.41) is 12.6. The summed E-state index contributed by atoms with van der Waals surface area (Å²) >= 11 is 6.10. The van der Waals surface area contributed by atoms with Gasteiger partial charge in [-0.3, -0.25) is 9.59 Å². The number of amides is 1. The van der Waals surface area contributed by atoms with Gasteiger partial charge >= 0.3 is 5.97 Å². The number of rotatable bonds is 4. The van der Waals surface area contributed by atoms with Gasteiger partial charge in [0.05, 0.1) is 22.5 Å². The molecule has 2 rings (SSSR count). The van der Waals surface area contributed by atoms with Gasteiger partial charge in [-0.05, 0) is 37.3 Å². The van der Waals surface area contributed by atoms with Gasteiger partial charge in [-0.1, -0.05) is 37.1 Å². The van der Waals surface area contributed by atoms with Crippen LogP contribution in [0.5, 0.6) is 0 Å². The molecular weight excluding hydrogens is 290 g/mol. The van der Waals surface area contributed by atoms with Crippen molar-refractivity contribution in [3.8, 4) is 0 Å². The lowest BCUT2D eigenvalue weighted by atomic mass is 9.95. The molecule has 0 aromatic heterocycles. The minimum absolute atomic E-state index is 0.241. The molecule has 1 aliphatic carbocycles. The molecule has 1 aromatic rings. The molecule has 2 N–H and O–H groups in total. The molecule has 1 unspecified atom stereocenters. The molecule has 1 aromatic carbocycles. The van der Waals surface area contributed by atoms with E-state index >= 15 is 0 Å². The van der Waals surface area contributed by atoms with Gasteiger partial charge in [0.1, 0.15) is 0 Å². The van der Waals surface area contributed by atoms with Crippen LogP contribution in [-0.4, -0.2) is 17.0 Å². The number of hydrogen-bond acceptors (Lipinski definition) is 2. The third-order valence-electron chi connectivity index (χ3n) is 4.36. The van der Waals surface area contributed by atoms with E-state index in [1.165, 1.54) is 0 Å². The SMILES string of the molecule is CCC1C[C@H](C(=O)Nc2c(C)cccc2Cl)[C@H](C(=O)O)C1. The van der Waals surface area contributed by atoms with Crippen LogP contribution in [-0.2, 0) is 9.59 Å². The van der Waals surface area contributed by atoms with Crippen LogP contribution in [0.15, 0.2) is 18.2 Å². The van der Waals surface area contributed by atoms with E-state index in [1.807, 2.05) is 26.0 Å². The average Bonchev–Trinajstić information content (AvgIpc) is 2.87. The van der Waals surface area contributed by atoms with Crippen LogP contribution >= 0.6 is 11.6 Å². The standard InChI is InChI=1S/C16H20ClNO3/c1-3-10-7-11(12(8-10)16(20)21)15(19)18-14-9(2)5-4-6-13(14)17/h4-6,10-12H,3,7-8H2,1-2H3,(H,18,19)(H,20,21)/t10?,11-,12+/m0/s1. The third kappa shape index (κ3) is 3.38. The number of aliphatic carboxylic acids is 1. The molecule has 3 atom stereocenters. The summed E-state index contributed by atoms with van der Waals surface area (Å²) in [7, 11) is 0. The Morgan fingerprint density at radius 3 is 2.57 bits per heavy atom. The minimum Gasteiger partial charge on any atom is -0.481 e. The van der Waals surface area contributed by atoms with Crippen molar-refractivity contribution in [2.45, 2.75) is 33.1 Å². The van der Waals surface area contributed by atoms with Crippen molar-refractivity contribution in [1.29, 1.82) is 0 Å². The van der Waals surface area contributed by atoms with E-state index in [0.717, 1.165) is 12.0 Å². The monoisotopic (exact) mass is 309 g/mol. The Kier molecular flexibility index (Phi) is 4.88. The van der Waals surface area contributed by atoms with Crippen molar-refractivity contribution in [2.24, 2.45) is 17.8 Å². The van der Waals surface area contributed by atoms with E-state index in [-0.39, 0.29) is 5.91 Å². The van der Waals surface area contributed by atoms with E-state index in [0.29, 0.717) is 29.5 Å². The lowest BCUT2D eigenvalue weighted by Gasteiger charge is -2.17. The number of hydrogen-bond donors (Lipinski definition) is 2. The summed E-state index contributed by atoms with van der Waals surface area (Å²) in [6, 6.07) is 5.39. The summed E-state index contributed by atoms with van der Waals surface area (Å²) in [4.78, 5) is 23.8. The smallest absolute Gasteiger partial charge is 0.307 e. The fourth-order valence-corrected chi connectivity index (χ4v) is 3.31. The number of para-hydroxylation sites is 1. The molecule has 0 spiro atoms. The van der Waals surface area contributed by atoms with Crippen molar-refractivity contribution in [3.05, 3.63) is 28.8 Å². The molecule has 1 aliphatic rings. The number of halogens is 1. The largest absolute Gasteiger partial charge is 0.481 e. The zero-order valence-electron chi connectivity index (χ0n) is 12.2. The normalized spacial score (nSPS) is 24.8. The number of nitrogens with one attached hydrogen (secondary N) is 1. The van der Waals surface area contributed by atoms with E-state index in [4.69, 9.17) is 11.6 Å². The molecule has 0 heterocycles. The van der Waals surface area contributed by atoms with E-state index in [1.54, 1.807) is 6.07 Å². The molecule has 21 heavy (non-hydrogen) atoms. The van der Waals surface area contributed by atoms with Crippen LogP contribution in [0.2, 0.25) is 5.02 Å². The Labute approximate surface area is 129 Å². The molecule has 0 saturated heterocycles. The van der Waals surface area contributed by atoms with Gasteiger partial charge in [-0.15, -0.1) is 0 Å². The van der Waals surface area contributed by atoms with Crippen molar-refractivity contribution >= 4 is 29.2 Å². The summed E-state index contributed by atoms with van der Waals surface area (Å²) in [5.41, 5.74) is 1.45. The number of carboxylic acids is 1. The molecule has 0 bridgehead atoms. The third-order valence-corrected chi connectivity index (χ3v) is 4.68. The number of carbonyl (C=O) groups excluding carboxylic acids is 1. The highest BCUT2D eigenvalue weighted by Crippen LogP contribution is 2.39. The van der Waals surface area contributed by atoms with Crippen LogP contribution in [0.25, 0.3) is 0 Å². The van der Waals surface area contributed by atoms with Crippen LogP contribution in [0.1, 0.15) is 31.7 Å². The Bertz CT molecular complexity index is 538. The summed E-state index contributed by atoms with van der Waals surface area (Å²) in [5.74, 6) is -1.91. The van der Waals surface area contributed by atoms with Crippen molar-refractivity contribution in [1.82, 2.24) is 0 Å². The zero-order chi connectivity index (χ0) is 15.6. The fourth-order valence-electron chi connectivity index (χ4n) is 3.05. The van der Waals surface area contributed by atoms with Gasteiger partial charge in [0, 0.05) is 0 Å². The second-order valence-corrected chi connectivity index (χ2v) is 6.13. The molecular formula is C16H20ClNO3. The van der Waals surface area contributed by atoms with Gasteiger partial charge in [-0.2, -0.15) is 0 Å². The minimum atomic E-state index is -0.887. The highest BCUT2D eigenvalue weighted by molar-refractivity contribution is 6.34. The lowest BCUT2D eigenvalue weighted by Crippen LogP contribution is -2.30. The number of anilines is 1. The van der Waals surface area contributed by atoms with Crippen LogP contribution in [0.3, 0.4) is 0 Å². The molecule has 1 saturated carbocycles. The Hall–Kier alpha value is -1.55. The first-order valence-corrected chi connectivity index (χ1v) is 7.60. The number of benzene rings is 1. The van der Waals surface area contributed by atoms with Gasteiger partial charge in [0.15, 0.2) is 0 Å². The zero-order valence-corrected chi connectivity index (χ0v) is 13.0. The predicted molar refractivity (Wildman–Crippen MR) is 82.4 cm³/mol. The van der Waals surface area contributed by atoms with Gasteiger partial charge in [-0.25, -0.2) is 0 Å². The van der Waals surface area contributed by atoms with Gasteiger partial charge in [0.2, 0.25) is 5.91 Å². The van der Waals surface area contributed by atoms with Crippen molar-refractivity contribution < 1.29 is 14.7 Å². The molecule has 0 aliphatic heterocycles. The molecule has 114 valence electrons. The van der Waals surface area contributed by atoms with Crippen LogP contribution < -0.4 is 5.32 Å². The number of carbonyl (C=O) groups is 2. The number of carboxylic acid groups (broad SMARTS) is 1. The summed E-state index contributed by atoms with van der Waals surface area (Å²) < 4.78 is 0. The Balaban J connectivity index is 2.17. The predicted octanol–water partition coefficient (Wildman–Crippen LogP) is 3.72. The van der Waals surface area contributed by atoms with E-state index in [2.05, 4.69) is 5.32 Å². The Morgan fingerprint density at radius 2 is 2.00 bits per heavy atom. The molecule has 5 heteroatoms. The molecule has 1 fully saturated rings. The van der Waals surface area contributed by atoms with Crippen molar-refractivity contribution in [2.75, 3.05) is 5.32 Å².